The molecule has 0 saturated heterocycles. The fourth-order valence-corrected chi connectivity index (χ4v) is 1.04. The van der Waals surface area contributed by atoms with E-state index >= 15 is 0 Å². The molecule has 0 aromatic carbocycles. The van der Waals surface area contributed by atoms with Crippen LogP contribution in [0.2, 0.25) is 0 Å². The quantitative estimate of drug-likeness (QED) is 0.424. The van der Waals surface area contributed by atoms with Crippen LogP contribution in [0, 0.1) is 4.91 Å². The Morgan fingerprint density at radius 1 is 1.33 bits per heavy atom. The number of carbonyl (C=O) groups is 1. The van der Waals surface area contributed by atoms with Crippen LogP contribution in [0.1, 0.15) is 0 Å². The van der Waals surface area contributed by atoms with Gasteiger partial charge in [-0.2, -0.15) is 5.43 Å². The molecule has 0 saturated carbocycles. The Labute approximate surface area is 79.9 Å². The van der Waals surface area contributed by atoms with Crippen molar-refractivity contribution in [1.29, 1.82) is 0 Å². The van der Waals surface area contributed by atoms with E-state index in [4.69, 9.17) is 23.2 Å². The minimum atomic E-state index is -0.578. The largest absolute Gasteiger partial charge is 0.340 e. The topological polar surface area (TPSA) is 61.8 Å². The van der Waals surface area contributed by atoms with Gasteiger partial charge in [0.2, 0.25) is 0 Å². The number of carbonyl (C=O) groups excluding carboxylic acids is 1. The minimum Gasteiger partial charge on any atom is -0.321 e. The van der Waals surface area contributed by atoms with Gasteiger partial charge in [0.1, 0.15) is 0 Å². The molecule has 0 unspecified atom stereocenters. The minimum absolute atomic E-state index is 0.295. The number of urea groups is 1. The van der Waals surface area contributed by atoms with Gasteiger partial charge in [-0.25, -0.2) is 4.79 Å². The molecular formula is C5H9Cl2N3O2. The van der Waals surface area contributed by atoms with Gasteiger partial charge in [0.05, 0.1) is 5.29 Å². The van der Waals surface area contributed by atoms with E-state index in [2.05, 4.69) is 5.29 Å². The first-order chi connectivity index (χ1) is 5.76. The molecule has 0 spiro atoms. The van der Waals surface area contributed by atoms with Crippen LogP contribution in [0.4, 0.5) is 4.79 Å². The number of nitroso groups, excluding NO2 is 1. The van der Waals surface area contributed by atoms with E-state index in [0.29, 0.717) is 24.8 Å². The molecule has 0 aromatic rings. The van der Waals surface area contributed by atoms with Gasteiger partial charge in [0.15, 0.2) is 0 Å². The van der Waals surface area contributed by atoms with Gasteiger partial charge in [-0.3, -0.25) is 0 Å². The first-order valence-electron chi connectivity index (χ1n) is 3.25. The van der Waals surface area contributed by atoms with Crippen molar-refractivity contribution in [3.8, 4) is 0 Å². The summed E-state index contributed by atoms with van der Waals surface area (Å²) in [7, 11) is 0. The second-order valence-corrected chi connectivity index (χ2v) is 2.63. The molecule has 0 aliphatic rings. The molecule has 0 heterocycles. The summed E-state index contributed by atoms with van der Waals surface area (Å²) in [4.78, 5) is 21.9. The van der Waals surface area contributed by atoms with Crippen molar-refractivity contribution < 1.29 is 4.79 Å². The third-order valence-electron chi connectivity index (χ3n) is 1.14. The number of nitrogens with zero attached hydrogens (tertiary/aromatic N) is 2. The summed E-state index contributed by atoms with van der Waals surface area (Å²) in [6.45, 7) is 0.686. The van der Waals surface area contributed by atoms with Crippen LogP contribution in [-0.2, 0) is 0 Å². The monoisotopic (exact) mass is 213 g/mol. The first kappa shape index (κ1) is 11.4. The molecule has 0 bridgehead atoms. The van der Waals surface area contributed by atoms with Gasteiger partial charge in [-0.1, -0.05) is 0 Å². The van der Waals surface area contributed by atoms with Gasteiger partial charge in [-0.05, 0) is 0 Å². The van der Waals surface area contributed by atoms with Crippen molar-refractivity contribution in [2.24, 2.45) is 5.29 Å². The van der Waals surface area contributed by atoms with Gasteiger partial charge in [-0.15, -0.1) is 28.1 Å². The smallest absolute Gasteiger partial charge is 0.321 e. The lowest BCUT2D eigenvalue weighted by atomic mass is 10.5. The van der Waals surface area contributed by atoms with E-state index in [1.165, 1.54) is 4.90 Å². The zero-order valence-corrected chi connectivity index (χ0v) is 7.81. The predicted octanol–water partition coefficient (Wildman–Crippen LogP) is 1.16. The standard InChI is InChI=1S/C5H9Cl2N3O2/c6-1-3-10(4-2-7)5(11)8-9-12/h1-4H2,(H,8,11,12). The predicted molar refractivity (Wildman–Crippen MR) is 47.3 cm³/mol. The SMILES string of the molecule is O=NNC(=O)N(CCCl)CCCl. The molecule has 1 N–H and O–H groups in total. The van der Waals surface area contributed by atoms with Gasteiger partial charge in [0, 0.05) is 24.8 Å². The van der Waals surface area contributed by atoms with E-state index in [1.54, 1.807) is 5.43 Å². The number of halogens is 2. The molecule has 0 aliphatic carbocycles. The summed E-state index contributed by atoms with van der Waals surface area (Å²) in [5.41, 5.74) is 1.75. The Bertz CT molecular complexity index is 150. The van der Waals surface area contributed by atoms with E-state index in [9.17, 15) is 9.70 Å². The summed E-state index contributed by atoms with van der Waals surface area (Å²) >= 11 is 10.8. The highest BCUT2D eigenvalue weighted by Crippen LogP contribution is 1.92. The maximum atomic E-state index is 10.9. The normalized spacial score (nSPS) is 9.17. The summed E-state index contributed by atoms with van der Waals surface area (Å²) in [6, 6.07) is -0.578. The molecule has 0 rings (SSSR count). The van der Waals surface area contributed by atoms with Crippen LogP contribution in [-0.4, -0.2) is 35.8 Å². The third-order valence-corrected chi connectivity index (χ3v) is 1.48. The van der Waals surface area contributed by atoms with E-state index < -0.39 is 6.03 Å². The Balaban J connectivity index is 3.89. The lowest BCUT2D eigenvalue weighted by molar-refractivity contribution is 0.204. The highest BCUT2D eigenvalue weighted by molar-refractivity contribution is 6.18. The molecule has 2 amide bonds. The zero-order valence-electron chi connectivity index (χ0n) is 6.30. The molecule has 0 fully saturated rings. The van der Waals surface area contributed by atoms with Crippen LogP contribution >= 0.6 is 23.2 Å². The van der Waals surface area contributed by atoms with Crippen LogP contribution < -0.4 is 5.43 Å². The van der Waals surface area contributed by atoms with Crippen molar-refractivity contribution in [3.05, 3.63) is 4.91 Å². The van der Waals surface area contributed by atoms with Crippen molar-refractivity contribution >= 4 is 29.2 Å². The van der Waals surface area contributed by atoms with Crippen LogP contribution in [0.15, 0.2) is 5.29 Å². The summed E-state index contributed by atoms with van der Waals surface area (Å²) in [6.07, 6.45) is 0. The molecule has 0 atom stereocenters. The Morgan fingerprint density at radius 3 is 2.17 bits per heavy atom. The maximum absolute atomic E-state index is 10.9. The highest BCUT2D eigenvalue weighted by atomic mass is 35.5. The summed E-state index contributed by atoms with van der Waals surface area (Å²) < 4.78 is 0. The fraction of sp³-hybridized carbons (Fsp3) is 0.800. The van der Waals surface area contributed by atoms with Gasteiger partial charge >= 0.3 is 6.03 Å². The second-order valence-electron chi connectivity index (χ2n) is 1.87. The average Bonchev–Trinajstić information content (AvgIpc) is 2.04. The molecule has 5 nitrogen and oxygen atoms in total. The molecule has 70 valence electrons. The molecule has 0 aliphatic heterocycles. The Morgan fingerprint density at radius 2 is 1.83 bits per heavy atom. The lowest BCUT2D eigenvalue weighted by Gasteiger charge is -2.18. The Hall–Kier alpha value is -0.550. The van der Waals surface area contributed by atoms with Gasteiger partial charge < -0.3 is 4.90 Å². The van der Waals surface area contributed by atoms with Crippen molar-refractivity contribution in [3.63, 3.8) is 0 Å². The number of alkyl halides is 2. The maximum Gasteiger partial charge on any atom is 0.340 e. The second kappa shape index (κ2) is 7.12. The average molecular weight is 214 g/mol. The summed E-state index contributed by atoms with van der Waals surface area (Å²) in [5.74, 6) is 0.590. The summed E-state index contributed by atoms with van der Waals surface area (Å²) in [5, 5.41) is 2.24. The molecular weight excluding hydrogens is 205 g/mol. The number of nitrogens with one attached hydrogen (secondary N) is 1. The van der Waals surface area contributed by atoms with E-state index in [0.717, 1.165) is 0 Å². The zero-order chi connectivity index (χ0) is 9.40. The van der Waals surface area contributed by atoms with Crippen molar-refractivity contribution in [1.82, 2.24) is 10.3 Å². The highest BCUT2D eigenvalue weighted by Gasteiger charge is 2.10. The number of rotatable bonds is 5. The number of hydrogen-bond acceptors (Lipinski definition) is 3. The lowest BCUT2D eigenvalue weighted by Crippen LogP contribution is -2.39. The molecule has 12 heavy (non-hydrogen) atoms. The Kier molecular flexibility index (Phi) is 6.79. The van der Waals surface area contributed by atoms with Gasteiger partial charge in [0.25, 0.3) is 0 Å². The van der Waals surface area contributed by atoms with Crippen molar-refractivity contribution in [2.75, 3.05) is 24.8 Å². The van der Waals surface area contributed by atoms with E-state index in [-0.39, 0.29) is 0 Å². The number of amides is 2. The van der Waals surface area contributed by atoms with E-state index in [1.807, 2.05) is 0 Å². The fourth-order valence-electron chi connectivity index (χ4n) is 0.629. The third kappa shape index (κ3) is 4.35. The molecule has 0 aromatic heterocycles. The van der Waals surface area contributed by atoms with Crippen LogP contribution in [0.5, 0.6) is 0 Å². The van der Waals surface area contributed by atoms with Crippen LogP contribution in [0.25, 0.3) is 0 Å². The van der Waals surface area contributed by atoms with Crippen molar-refractivity contribution in [2.45, 2.75) is 0 Å². The first-order valence-corrected chi connectivity index (χ1v) is 4.32. The van der Waals surface area contributed by atoms with Crippen LogP contribution in [0.3, 0.4) is 0 Å². The molecule has 7 heteroatoms. The number of hydrogen-bond donors (Lipinski definition) is 1. The molecule has 0 radical (unpaired) electrons.